The maximum Gasteiger partial charge on any atom is 0.307 e. The Morgan fingerprint density at radius 2 is 1.94 bits per heavy atom. The highest BCUT2D eigenvalue weighted by atomic mass is 79.9. The van der Waals surface area contributed by atoms with E-state index in [1.165, 1.54) is 6.08 Å². The van der Waals surface area contributed by atoms with E-state index in [4.69, 9.17) is 4.74 Å². The molecule has 0 aromatic rings. The van der Waals surface area contributed by atoms with Gasteiger partial charge in [-0.1, -0.05) is 21.5 Å². The standard InChI is InChI=1S/C11H16BrNO3/c1-5-16-9(4)11(13(14)15)7-10(12)6-8(2)3/h6-7H,5H2,1-4H3/b10-7+,11-9-. The molecular formula is C11H16BrNO3. The summed E-state index contributed by atoms with van der Waals surface area (Å²) in [6.07, 6.45) is 3.25. The summed E-state index contributed by atoms with van der Waals surface area (Å²) in [5.41, 5.74) is 1.02. The molecule has 0 saturated carbocycles. The van der Waals surface area contributed by atoms with Gasteiger partial charge in [0, 0.05) is 17.5 Å². The van der Waals surface area contributed by atoms with Crippen LogP contribution in [0.2, 0.25) is 0 Å². The molecule has 0 bridgehead atoms. The van der Waals surface area contributed by atoms with Gasteiger partial charge in [0.25, 0.3) is 0 Å². The second-order valence-electron chi connectivity index (χ2n) is 3.38. The van der Waals surface area contributed by atoms with E-state index in [2.05, 4.69) is 15.9 Å². The van der Waals surface area contributed by atoms with Gasteiger partial charge in [-0.2, -0.15) is 0 Å². The van der Waals surface area contributed by atoms with E-state index >= 15 is 0 Å². The zero-order valence-electron chi connectivity index (χ0n) is 9.91. The van der Waals surface area contributed by atoms with Crippen LogP contribution in [0, 0.1) is 10.1 Å². The molecule has 0 heterocycles. The number of ether oxygens (including phenoxy) is 1. The number of halogens is 1. The van der Waals surface area contributed by atoms with E-state index in [1.807, 2.05) is 19.9 Å². The fourth-order valence-electron chi connectivity index (χ4n) is 1.02. The maximum absolute atomic E-state index is 10.8. The number of nitro groups is 1. The van der Waals surface area contributed by atoms with Crippen molar-refractivity contribution in [2.24, 2.45) is 0 Å². The van der Waals surface area contributed by atoms with Gasteiger partial charge in [0.1, 0.15) is 0 Å². The lowest BCUT2D eigenvalue weighted by atomic mass is 10.3. The quantitative estimate of drug-likeness (QED) is 0.335. The van der Waals surface area contributed by atoms with Crippen LogP contribution in [-0.4, -0.2) is 11.5 Å². The zero-order valence-corrected chi connectivity index (χ0v) is 11.5. The summed E-state index contributed by atoms with van der Waals surface area (Å²) in [6, 6.07) is 0. The number of hydrogen-bond donors (Lipinski definition) is 0. The summed E-state index contributed by atoms with van der Waals surface area (Å²) in [5.74, 6) is 0.312. The van der Waals surface area contributed by atoms with E-state index in [1.54, 1.807) is 13.8 Å². The lowest BCUT2D eigenvalue weighted by molar-refractivity contribution is -0.422. The highest BCUT2D eigenvalue weighted by molar-refractivity contribution is 9.11. The highest BCUT2D eigenvalue weighted by Gasteiger charge is 2.13. The predicted molar refractivity (Wildman–Crippen MR) is 67.8 cm³/mol. The van der Waals surface area contributed by atoms with Gasteiger partial charge in [0.15, 0.2) is 5.76 Å². The summed E-state index contributed by atoms with van der Waals surface area (Å²) >= 11 is 3.26. The summed E-state index contributed by atoms with van der Waals surface area (Å²) in [5, 5.41) is 10.8. The third-order valence-corrected chi connectivity index (χ3v) is 2.08. The molecule has 0 atom stereocenters. The van der Waals surface area contributed by atoms with Crippen molar-refractivity contribution in [1.29, 1.82) is 0 Å². The third-order valence-electron chi connectivity index (χ3n) is 1.62. The Kier molecular flexibility index (Phi) is 6.72. The summed E-state index contributed by atoms with van der Waals surface area (Å²) in [7, 11) is 0. The molecule has 0 amide bonds. The van der Waals surface area contributed by atoms with Gasteiger partial charge < -0.3 is 4.74 Å². The monoisotopic (exact) mass is 289 g/mol. The number of rotatable bonds is 5. The van der Waals surface area contributed by atoms with Crippen molar-refractivity contribution in [3.05, 3.63) is 43.8 Å². The van der Waals surface area contributed by atoms with Gasteiger partial charge >= 0.3 is 5.70 Å². The minimum atomic E-state index is -0.453. The smallest absolute Gasteiger partial charge is 0.307 e. The molecule has 5 heteroatoms. The maximum atomic E-state index is 10.8. The molecule has 0 aromatic carbocycles. The van der Waals surface area contributed by atoms with Crippen LogP contribution in [0.15, 0.2) is 33.7 Å². The summed E-state index contributed by atoms with van der Waals surface area (Å²) in [4.78, 5) is 10.4. The molecule has 0 aromatic heterocycles. The lowest BCUT2D eigenvalue weighted by Gasteiger charge is -2.02. The van der Waals surface area contributed by atoms with Gasteiger partial charge in [0.05, 0.1) is 11.5 Å². The highest BCUT2D eigenvalue weighted by Crippen LogP contribution is 2.16. The predicted octanol–water partition coefficient (Wildman–Crippen LogP) is 3.78. The molecule has 16 heavy (non-hydrogen) atoms. The molecule has 0 rings (SSSR count). The van der Waals surface area contributed by atoms with Crippen LogP contribution in [-0.2, 0) is 4.74 Å². The molecule has 0 radical (unpaired) electrons. The third kappa shape index (κ3) is 5.70. The second-order valence-corrected chi connectivity index (χ2v) is 4.30. The topological polar surface area (TPSA) is 52.4 Å². The summed E-state index contributed by atoms with van der Waals surface area (Å²) in [6.45, 7) is 7.62. The SMILES string of the molecule is CCO/C(C)=C(/C=C(/Br)C=C(C)C)[N+](=O)[O-]. The van der Waals surface area contributed by atoms with Crippen LogP contribution in [0.25, 0.3) is 0 Å². The number of allylic oxidation sites excluding steroid dienone is 5. The molecule has 4 nitrogen and oxygen atoms in total. The number of hydrogen-bond acceptors (Lipinski definition) is 3. The first-order chi connectivity index (χ1) is 7.38. The molecule has 0 aliphatic heterocycles. The van der Waals surface area contributed by atoms with Gasteiger partial charge in [0.2, 0.25) is 0 Å². The van der Waals surface area contributed by atoms with Crippen molar-refractivity contribution in [1.82, 2.24) is 0 Å². The molecule has 0 aliphatic rings. The Labute approximate surface area is 104 Å². The van der Waals surface area contributed by atoms with Crippen molar-refractivity contribution in [2.45, 2.75) is 27.7 Å². The Bertz CT molecular complexity index is 352. The molecule has 90 valence electrons. The van der Waals surface area contributed by atoms with Gasteiger partial charge in [-0.25, -0.2) is 0 Å². The van der Waals surface area contributed by atoms with Gasteiger partial charge in [-0.05, 0) is 26.8 Å². The molecule has 0 unspecified atom stereocenters. The first kappa shape index (κ1) is 14.9. The van der Waals surface area contributed by atoms with Crippen LogP contribution in [0.3, 0.4) is 0 Å². The largest absolute Gasteiger partial charge is 0.491 e. The van der Waals surface area contributed by atoms with Crippen molar-refractivity contribution in [3.63, 3.8) is 0 Å². The average molecular weight is 290 g/mol. The summed E-state index contributed by atoms with van der Waals surface area (Å²) < 4.78 is 5.77. The van der Waals surface area contributed by atoms with Crippen LogP contribution in [0.1, 0.15) is 27.7 Å². The molecular weight excluding hydrogens is 274 g/mol. The van der Waals surface area contributed by atoms with Crippen LogP contribution < -0.4 is 0 Å². The fourth-order valence-corrected chi connectivity index (χ4v) is 1.70. The first-order valence-corrected chi connectivity index (χ1v) is 5.68. The molecule has 0 spiro atoms. The van der Waals surface area contributed by atoms with E-state index < -0.39 is 4.92 Å². The van der Waals surface area contributed by atoms with Crippen LogP contribution >= 0.6 is 15.9 Å². The molecule has 0 saturated heterocycles. The van der Waals surface area contributed by atoms with Crippen molar-refractivity contribution >= 4 is 15.9 Å². The Morgan fingerprint density at radius 1 is 1.38 bits per heavy atom. The van der Waals surface area contributed by atoms with Crippen LogP contribution in [0.4, 0.5) is 0 Å². The Morgan fingerprint density at radius 3 is 2.31 bits per heavy atom. The van der Waals surface area contributed by atoms with Crippen molar-refractivity contribution in [3.8, 4) is 0 Å². The van der Waals surface area contributed by atoms with Crippen LogP contribution in [0.5, 0.6) is 0 Å². The first-order valence-electron chi connectivity index (χ1n) is 4.88. The van der Waals surface area contributed by atoms with Crippen molar-refractivity contribution < 1.29 is 9.66 Å². The Balaban J connectivity index is 5.18. The molecule has 0 fully saturated rings. The van der Waals surface area contributed by atoms with Gasteiger partial charge in [-0.3, -0.25) is 10.1 Å². The van der Waals surface area contributed by atoms with Gasteiger partial charge in [-0.15, -0.1) is 0 Å². The fraction of sp³-hybridized carbons (Fsp3) is 0.455. The van der Waals surface area contributed by atoms with E-state index in [9.17, 15) is 10.1 Å². The van der Waals surface area contributed by atoms with E-state index in [-0.39, 0.29) is 5.70 Å². The minimum Gasteiger partial charge on any atom is -0.491 e. The van der Waals surface area contributed by atoms with E-state index in [0.29, 0.717) is 16.8 Å². The average Bonchev–Trinajstić information content (AvgIpc) is 2.12. The lowest BCUT2D eigenvalue weighted by Crippen LogP contribution is -2.02. The zero-order chi connectivity index (χ0) is 12.7. The molecule has 0 N–H and O–H groups in total. The molecule has 0 aliphatic carbocycles. The van der Waals surface area contributed by atoms with E-state index in [0.717, 1.165) is 5.57 Å². The second kappa shape index (κ2) is 7.22. The number of nitrogens with zero attached hydrogens (tertiary/aromatic N) is 1. The van der Waals surface area contributed by atoms with Crippen molar-refractivity contribution in [2.75, 3.05) is 6.61 Å². The minimum absolute atomic E-state index is 0.0359. The normalized spacial score (nSPS) is 12.9. The Hall–Kier alpha value is -1.10.